The zero-order valence-electron chi connectivity index (χ0n) is 12.5. The van der Waals surface area contributed by atoms with Crippen molar-refractivity contribution in [2.45, 2.75) is 23.0 Å². The lowest BCUT2D eigenvalue weighted by Crippen LogP contribution is -2.35. The van der Waals surface area contributed by atoms with Gasteiger partial charge in [0.25, 0.3) is 0 Å². The van der Waals surface area contributed by atoms with Gasteiger partial charge in [0.2, 0.25) is 11.8 Å². The van der Waals surface area contributed by atoms with E-state index in [9.17, 15) is 9.59 Å². The molecule has 5 nitrogen and oxygen atoms in total. The zero-order chi connectivity index (χ0) is 16.1. The summed E-state index contributed by atoms with van der Waals surface area (Å²) in [4.78, 5) is 29.3. The first-order valence-electron chi connectivity index (χ1n) is 7.45. The van der Waals surface area contributed by atoms with Crippen molar-refractivity contribution in [2.75, 3.05) is 11.9 Å². The Labute approximate surface area is 138 Å². The van der Waals surface area contributed by atoms with E-state index in [1.165, 1.54) is 11.8 Å². The van der Waals surface area contributed by atoms with Crippen molar-refractivity contribution in [3.8, 4) is 0 Å². The third-order valence-electron chi connectivity index (χ3n) is 3.51. The molecule has 0 aliphatic carbocycles. The Morgan fingerprint density at radius 3 is 2.87 bits per heavy atom. The number of fused-ring (bicyclic) bond motifs is 1. The van der Waals surface area contributed by atoms with Crippen LogP contribution in [-0.2, 0) is 16.0 Å². The second kappa shape index (κ2) is 7.28. The minimum Gasteiger partial charge on any atom is -0.356 e. The second-order valence-electron chi connectivity index (χ2n) is 5.22. The summed E-state index contributed by atoms with van der Waals surface area (Å²) in [6.07, 6.45) is 2.59. The van der Waals surface area contributed by atoms with Crippen molar-refractivity contribution in [1.29, 1.82) is 0 Å². The highest BCUT2D eigenvalue weighted by atomic mass is 32.2. The number of amides is 2. The van der Waals surface area contributed by atoms with E-state index in [4.69, 9.17) is 0 Å². The highest BCUT2D eigenvalue weighted by Gasteiger charge is 2.28. The van der Waals surface area contributed by atoms with Gasteiger partial charge in [0.15, 0.2) is 0 Å². The third kappa shape index (κ3) is 4.10. The average Bonchev–Trinajstić information content (AvgIpc) is 2.56. The number of hydrogen-bond acceptors (Lipinski definition) is 4. The summed E-state index contributed by atoms with van der Waals surface area (Å²) in [7, 11) is 0. The van der Waals surface area contributed by atoms with Crippen molar-refractivity contribution in [3.63, 3.8) is 0 Å². The van der Waals surface area contributed by atoms with Gasteiger partial charge in [-0.05, 0) is 24.3 Å². The maximum atomic E-state index is 12.1. The van der Waals surface area contributed by atoms with Crippen LogP contribution in [0.15, 0.2) is 53.6 Å². The molecule has 2 aromatic rings. The molecule has 1 aromatic carbocycles. The second-order valence-corrected chi connectivity index (χ2v) is 6.46. The fourth-order valence-corrected chi connectivity index (χ4v) is 3.45. The van der Waals surface area contributed by atoms with Crippen LogP contribution in [0.1, 0.15) is 12.1 Å². The predicted octanol–water partition coefficient (Wildman–Crippen LogP) is 2.24. The van der Waals surface area contributed by atoms with Gasteiger partial charge in [-0.15, -0.1) is 11.8 Å². The molecule has 1 aliphatic rings. The topological polar surface area (TPSA) is 71.1 Å². The number of anilines is 1. The minimum atomic E-state index is -0.389. The molecule has 2 heterocycles. The van der Waals surface area contributed by atoms with Gasteiger partial charge < -0.3 is 10.6 Å². The van der Waals surface area contributed by atoms with Crippen LogP contribution in [0.3, 0.4) is 0 Å². The number of pyridine rings is 1. The fraction of sp³-hybridized carbons (Fsp3) is 0.235. The number of carbonyl (C=O) groups is 2. The average molecular weight is 327 g/mol. The molecule has 1 atom stereocenters. The molecule has 2 amide bonds. The lowest BCUT2D eigenvalue weighted by molar-refractivity contribution is -0.124. The number of nitrogens with one attached hydrogen (secondary N) is 2. The number of aromatic nitrogens is 1. The Morgan fingerprint density at radius 2 is 2.04 bits per heavy atom. The smallest absolute Gasteiger partial charge is 0.238 e. The van der Waals surface area contributed by atoms with Gasteiger partial charge in [-0.3, -0.25) is 14.6 Å². The van der Waals surface area contributed by atoms with E-state index in [2.05, 4.69) is 15.6 Å². The molecule has 1 aliphatic heterocycles. The number of carbonyl (C=O) groups excluding carboxylic acids is 2. The maximum Gasteiger partial charge on any atom is 0.238 e. The van der Waals surface area contributed by atoms with E-state index in [0.717, 1.165) is 16.3 Å². The van der Waals surface area contributed by atoms with E-state index in [0.29, 0.717) is 13.0 Å². The van der Waals surface area contributed by atoms with Crippen LogP contribution in [-0.4, -0.2) is 28.6 Å². The van der Waals surface area contributed by atoms with Crippen molar-refractivity contribution < 1.29 is 9.59 Å². The maximum absolute atomic E-state index is 12.1. The molecule has 0 bridgehead atoms. The molecule has 3 rings (SSSR count). The first-order valence-corrected chi connectivity index (χ1v) is 8.33. The van der Waals surface area contributed by atoms with Crippen molar-refractivity contribution in [1.82, 2.24) is 10.3 Å². The van der Waals surface area contributed by atoms with Gasteiger partial charge >= 0.3 is 0 Å². The van der Waals surface area contributed by atoms with Crippen molar-refractivity contribution in [3.05, 3.63) is 54.4 Å². The third-order valence-corrected chi connectivity index (χ3v) is 4.78. The summed E-state index contributed by atoms with van der Waals surface area (Å²) < 4.78 is 0. The van der Waals surface area contributed by atoms with Gasteiger partial charge in [0, 0.05) is 36.2 Å². The first kappa shape index (κ1) is 15.6. The molecule has 0 fully saturated rings. The van der Waals surface area contributed by atoms with Crippen LogP contribution < -0.4 is 10.6 Å². The van der Waals surface area contributed by atoms with E-state index < -0.39 is 0 Å². The van der Waals surface area contributed by atoms with Crippen LogP contribution in [0.5, 0.6) is 0 Å². The summed E-state index contributed by atoms with van der Waals surface area (Å²) in [6.45, 7) is 0.519. The number of hydrogen-bond donors (Lipinski definition) is 2. The molecule has 0 radical (unpaired) electrons. The Bertz CT molecular complexity index is 706. The van der Waals surface area contributed by atoms with Crippen LogP contribution >= 0.6 is 11.8 Å². The van der Waals surface area contributed by atoms with E-state index in [1.807, 2.05) is 42.5 Å². The summed E-state index contributed by atoms with van der Waals surface area (Å²) in [6, 6.07) is 13.3. The molecule has 0 unspecified atom stereocenters. The van der Waals surface area contributed by atoms with Crippen LogP contribution in [0.25, 0.3) is 0 Å². The van der Waals surface area contributed by atoms with Gasteiger partial charge in [-0.2, -0.15) is 0 Å². The quantitative estimate of drug-likeness (QED) is 0.883. The summed E-state index contributed by atoms with van der Waals surface area (Å²) >= 11 is 1.44. The Balaban J connectivity index is 1.49. The van der Waals surface area contributed by atoms with Crippen molar-refractivity contribution in [2.24, 2.45) is 0 Å². The lowest BCUT2D eigenvalue weighted by atomic mass is 10.2. The molecule has 0 spiro atoms. The van der Waals surface area contributed by atoms with Gasteiger partial charge in [-0.1, -0.05) is 18.2 Å². The largest absolute Gasteiger partial charge is 0.356 e. The fourth-order valence-electron chi connectivity index (χ4n) is 2.34. The number of para-hydroxylation sites is 1. The predicted molar refractivity (Wildman–Crippen MR) is 90.3 cm³/mol. The molecule has 1 aromatic heterocycles. The number of nitrogens with zero attached hydrogens (tertiary/aromatic N) is 1. The minimum absolute atomic E-state index is 0.117. The standard InChI is InChI=1S/C17H17N3O2S/c21-16(19-10-8-12-5-3-4-9-18-12)11-15-17(22)20-13-6-1-2-7-14(13)23-15/h1-7,9,15H,8,10-11H2,(H,19,21)(H,20,22)/t15-/m1/s1. The molecular formula is C17H17N3O2S. The summed E-state index contributed by atoms with van der Waals surface area (Å²) in [5.74, 6) is -0.235. The zero-order valence-corrected chi connectivity index (χ0v) is 13.3. The molecule has 0 saturated carbocycles. The van der Waals surface area contributed by atoms with E-state index in [1.54, 1.807) is 6.20 Å². The molecular weight excluding hydrogens is 310 g/mol. The highest BCUT2D eigenvalue weighted by molar-refractivity contribution is 8.01. The number of rotatable bonds is 5. The Morgan fingerprint density at radius 1 is 1.22 bits per heavy atom. The number of thioether (sulfide) groups is 1. The van der Waals surface area contributed by atoms with Crippen molar-refractivity contribution >= 4 is 29.3 Å². The molecule has 6 heteroatoms. The van der Waals surface area contributed by atoms with Crippen LogP contribution in [0, 0.1) is 0 Å². The monoisotopic (exact) mass is 327 g/mol. The Hall–Kier alpha value is -2.34. The molecule has 0 saturated heterocycles. The normalized spacial score (nSPS) is 16.3. The van der Waals surface area contributed by atoms with Gasteiger partial charge in [0.05, 0.1) is 10.9 Å². The first-order chi connectivity index (χ1) is 11.2. The van der Waals surface area contributed by atoms with Gasteiger partial charge in [-0.25, -0.2) is 0 Å². The molecule has 2 N–H and O–H groups in total. The lowest BCUT2D eigenvalue weighted by Gasteiger charge is -2.23. The van der Waals surface area contributed by atoms with Crippen LogP contribution in [0.2, 0.25) is 0 Å². The summed E-state index contributed by atoms with van der Waals surface area (Å²) in [5.41, 5.74) is 1.75. The molecule has 23 heavy (non-hydrogen) atoms. The number of benzene rings is 1. The summed E-state index contributed by atoms with van der Waals surface area (Å²) in [5, 5.41) is 5.31. The van der Waals surface area contributed by atoms with Gasteiger partial charge in [0.1, 0.15) is 0 Å². The highest BCUT2D eigenvalue weighted by Crippen LogP contribution is 2.36. The van der Waals surface area contributed by atoms with Crippen LogP contribution in [0.4, 0.5) is 5.69 Å². The van der Waals surface area contributed by atoms with E-state index in [-0.39, 0.29) is 23.5 Å². The SMILES string of the molecule is O=C(C[C@H]1Sc2ccccc2NC1=O)NCCc1ccccn1. The van der Waals surface area contributed by atoms with E-state index >= 15 is 0 Å². The Kier molecular flexibility index (Phi) is 4.92. The molecule has 118 valence electrons.